The summed E-state index contributed by atoms with van der Waals surface area (Å²) < 4.78 is 22.1. The Hall–Kier alpha value is -2.85. The maximum absolute atomic E-state index is 12.5. The quantitative estimate of drug-likeness (QED) is 0.165. The molecular formula is C30H49NO8Si. The molecule has 40 heavy (non-hydrogen) atoms. The number of amides is 1. The van der Waals surface area contributed by atoms with Gasteiger partial charge in [-0.3, -0.25) is 0 Å². The molecule has 0 saturated heterocycles. The lowest BCUT2D eigenvalue weighted by molar-refractivity contribution is -0.148. The lowest BCUT2D eigenvalue weighted by atomic mass is 10.0. The zero-order valence-electron chi connectivity index (χ0n) is 26.5. The lowest BCUT2D eigenvalue weighted by Crippen LogP contribution is -2.57. The molecule has 0 aliphatic carbocycles. The summed E-state index contributed by atoms with van der Waals surface area (Å²) in [7, 11) is -2.20. The van der Waals surface area contributed by atoms with Crippen molar-refractivity contribution in [1.82, 2.24) is 5.32 Å². The van der Waals surface area contributed by atoms with Crippen molar-refractivity contribution >= 4 is 32.7 Å². The molecule has 10 heteroatoms. The van der Waals surface area contributed by atoms with Gasteiger partial charge in [-0.05, 0) is 65.3 Å². The van der Waals surface area contributed by atoms with Crippen LogP contribution in [0.4, 0.5) is 4.79 Å². The first-order chi connectivity index (χ1) is 17.9. The van der Waals surface area contributed by atoms with E-state index in [0.717, 1.165) is 0 Å². The number of ether oxygens (including phenoxy) is 3. The van der Waals surface area contributed by atoms with Crippen LogP contribution in [0.1, 0.15) is 94.2 Å². The molecule has 0 aliphatic rings. The van der Waals surface area contributed by atoms with Crippen molar-refractivity contribution in [3.63, 3.8) is 0 Å². The number of carbonyl (C=O) groups excluding carboxylic acids is 3. The maximum Gasteiger partial charge on any atom is 0.408 e. The number of hydrogen-bond donors (Lipinski definition) is 2. The van der Waals surface area contributed by atoms with E-state index < -0.39 is 53.9 Å². The molecule has 0 aliphatic heterocycles. The summed E-state index contributed by atoms with van der Waals surface area (Å²) in [4.78, 5) is 49.2. The van der Waals surface area contributed by atoms with Gasteiger partial charge in [-0.25, -0.2) is 14.4 Å². The highest BCUT2D eigenvalue weighted by Crippen LogP contribution is 2.50. The first-order valence-electron chi connectivity index (χ1n) is 13.4. The summed E-state index contributed by atoms with van der Waals surface area (Å²) in [6.07, 6.45) is 2.18. The molecule has 0 bridgehead atoms. The number of methoxy groups -OCH3 is 1. The molecule has 0 spiro atoms. The largest absolute Gasteiger partial charge is 0.519 e. The van der Waals surface area contributed by atoms with Crippen molar-refractivity contribution in [2.24, 2.45) is 0 Å². The maximum atomic E-state index is 12.5. The van der Waals surface area contributed by atoms with Crippen LogP contribution in [0.25, 0.3) is 6.08 Å². The Morgan fingerprint density at radius 3 is 1.88 bits per heavy atom. The number of carbonyl (C=O) groups is 3. The van der Waals surface area contributed by atoms with E-state index in [1.54, 1.807) is 65.8 Å². The van der Waals surface area contributed by atoms with Crippen molar-refractivity contribution in [1.29, 1.82) is 0 Å². The second kappa shape index (κ2) is 12.8. The minimum Gasteiger partial charge on any atom is -0.519 e. The molecule has 2 N–H and O–H groups in total. The van der Waals surface area contributed by atoms with Crippen LogP contribution in [-0.4, -0.2) is 55.7 Å². The minimum atomic E-state index is -3.43. The van der Waals surface area contributed by atoms with Crippen LogP contribution in [0.2, 0.25) is 10.1 Å². The molecule has 0 fully saturated rings. The number of alkyl carbamates (subject to hydrolysis) is 1. The van der Waals surface area contributed by atoms with Gasteiger partial charge in [-0.2, -0.15) is 0 Å². The van der Waals surface area contributed by atoms with Gasteiger partial charge in [0.05, 0.1) is 7.11 Å². The van der Waals surface area contributed by atoms with Gasteiger partial charge in [0.2, 0.25) is 0 Å². The summed E-state index contributed by atoms with van der Waals surface area (Å²) >= 11 is 0. The zero-order valence-corrected chi connectivity index (χ0v) is 27.5. The Labute approximate surface area is 240 Å². The van der Waals surface area contributed by atoms with Crippen LogP contribution in [0.5, 0.6) is 5.75 Å². The summed E-state index contributed by atoms with van der Waals surface area (Å²) in [5, 5.41) is 1.49. The van der Waals surface area contributed by atoms with E-state index in [-0.39, 0.29) is 6.42 Å². The molecule has 0 heterocycles. The Bertz CT molecular complexity index is 1070. The molecule has 1 atom stereocenters. The third-order valence-electron chi connectivity index (χ3n) is 5.79. The Kier molecular flexibility index (Phi) is 11.2. The highest BCUT2D eigenvalue weighted by molar-refractivity contribution is 6.72. The highest BCUT2D eigenvalue weighted by atomic mass is 28.4. The van der Waals surface area contributed by atoms with Crippen molar-refractivity contribution in [3.05, 3.63) is 35.4 Å². The fourth-order valence-corrected chi connectivity index (χ4v) is 7.42. The third kappa shape index (κ3) is 10.6. The van der Waals surface area contributed by atoms with E-state index in [1.165, 1.54) is 13.2 Å². The van der Waals surface area contributed by atoms with Crippen LogP contribution in [-0.2, 0) is 30.2 Å². The van der Waals surface area contributed by atoms with E-state index in [1.807, 2.05) is 41.5 Å². The lowest BCUT2D eigenvalue weighted by Gasteiger charge is -2.45. The Morgan fingerprint density at radius 2 is 1.43 bits per heavy atom. The van der Waals surface area contributed by atoms with Crippen LogP contribution >= 0.6 is 0 Å². The molecule has 9 nitrogen and oxygen atoms in total. The van der Waals surface area contributed by atoms with Crippen LogP contribution in [0.15, 0.2) is 24.3 Å². The van der Waals surface area contributed by atoms with E-state index in [4.69, 9.17) is 18.6 Å². The van der Waals surface area contributed by atoms with Crippen molar-refractivity contribution in [2.45, 2.75) is 117 Å². The van der Waals surface area contributed by atoms with Gasteiger partial charge < -0.3 is 28.7 Å². The van der Waals surface area contributed by atoms with Gasteiger partial charge >= 0.3 is 26.6 Å². The molecule has 0 saturated carbocycles. The van der Waals surface area contributed by atoms with Crippen molar-refractivity contribution in [2.75, 3.05) is 7.11 Å². The molecule has 1 aromatic carbocycles. The summed E-state index contributed by atoms with van der Waals surface area (Å²) in [6.45, 7) is 22.2. The van der Waals surface area contributed by atoms with Gasteiger partial charge in [0.15, 0.2) is 0 Å². The van der Waals surface area contributed by atoms with Crippen LogP contribution in [0, 0.1) is 0 Å². The molecule has 226 valence electrons. The monoisotopic (exact) mass is 579 g/mol. The van der Waals surface area contributed by atoms with E-state index in [0.29, 0.717) is 16.9 Å². The summed E-state index contributed by atoms with van der Waals surface area (Å²) in [5.74, 6) is -0.793. The van der Waals surface area contributed by atoms with E-state index in [9.17, 15) is 19.2 Å². The number of nitrogens with one attached hydrogen (secondary N) is 1. The van der Waals surface area contributed by atoms with Gasteiger partial charge in [0.1, 0.15) is 23.0 Å². The topological polar surface area (TPSA) is 120 Å². The summed E-state index contributed by atoms with van der Waals surface area (Å²) in [6, 6.07) is 4.15. The molecule has 0 unspecified atom stereocenters. The van der Waals surface area contributed by atoms with Gasteiger partial charge in [-0.15, -0.1) is 0 Å². The molecule has 0 aromatic heterocycles. The number of esters is 2. The Morgan fingerprint density at radius 1 is 0.900 bits per heavy atom. The molecule has 1 amide bonds. The average Bonchev–Trinajstić information content (AvgIpc) is 2.73. The fourth-order valence-electron chi connectivity index (χ4n) is 4.05. The molecule has 1 rings (SSSR count). The average molecular weight is 580 g/mol. The Balaban J connectivity index is 3.55. The first kappa shape index (κ1) is 35.2. The second-order valence-electron chi connectivity index (χ2n) is 13.9. The van der Waals surface area contributed by atoms with Crippen molar-refractivity contribution < 1.29 is 37.8 Å². The van der Waals surface area contributed by atoms with Gasteiger partial charge in [0.25, 0.3) is 0 Å². The first-order valence-corrected chi connectivity index (χ1v) is 15.3. The second-order valence-corrected chi connectivity index (χ2v) is 18.4. The normalized spacial score (nSPS) is 13.9. The molecule has 0 radical (unpaired) electrons. The van der Waals surface area contributed by atoms with E-state index >= 15 is 0 Å². The van der Waals surface area contributed by atoms with Gasteiger partial charge in [-0.1, -0.05) is 47.6 Å². The van der Waals surface area contributed by atoms with E-state index in [2.05, 4.69) is 5.32 Å². The SMILES string of the molecule is COC(=O)[C@H](Cc1ccc(O[Si](O)(C(C)(C)C)C(C)(C)C)c(/C=C/C(=O)OC(C)(C)C)c1)NC(=O)OC(C)(C)C. The van der Waals surface area contributed by atoms with Crippen molar-refractivity contribution in [3.8, 4) is 5.75 Å². The minimum absolute atomic E-state index is 0.0830. The predicted molar refractivity (Wildman–Crippen MR) is 158 cm³/mol. The smallest absolute Gasteiger partial charge is 0.408 e. The fraction of sp³-hybridized carbons (Fsp3) is 0.633. The molecule has 1 aromatic rings. The third-order valence-corrected chi connectivity index (χ3v) is 10.4. The summed E-state index contributed by atoms with van der Waals surface area (Å²) in [5.41, 5.74) is -0.262. The number of benzene rings is 1. The van der Waals surface area contributed by atoms with Gasteiger partial charge in [0, 0.05) is 28.1 Å². The highest BCUT2D eigenvalue weighted by Gasteiger charge is 2.57. The predicted octanol–water partition coefficient (Wildman–Crippen LogP) is 6.06. The molecular weight excluding hydrogens is 530 g/mol. The van der Waals surface area contributed by atoms with Crippen LogP contribution < -0.4 is 9.74 Å². The zero-order chi connectivity index (χ0) is 31.3. The standard InChI is InChI=1S/C30H49NO8Si/c1-27(2,3)37-24(32)17-15-21-18-20(19-22(25(33)36-13)31-26(34)38-28(4,5)6)14-16-23(21)39-40(35,29(7,8)9)30(10,11)12/h14-18,22,35H,19H2,1-13H3,(H,31,34)/b17-15+/t22-/m0/s1. The van der Waals surface area contributed by atoms with Crippen LogP contribution in [0.3, 0.4) is 0 Å². The number of hydrogen-bond acceptors (Lipinski definition) is 8. The number of rotatable bonds is 8.